The van der Waals surface area contributed by atoms with Gasteiger partial charge in [-0.15, -0.1) is 0 Å². The van der Waals surface area contributed by atoms with Gasteiger partial charge in [-0.1, -0.05) is 12.1 Å². The summed E-state index contributed by atoms with van der Waals surface area (Å²) in [5, 5.41) is 0. The van der Waals surface area contributed by atoms with Crippen molar-refractivity contribution in [2.45, 2.75) is 6.54 Å². The van der Waals surface area contributed by atoms with Gasteiger partial charge < -0.3 is 10.5 Å². The molecule has 0 bridgehead atoms. The van der Waals surface area contributed by atoms with Crippen LogP contribution in [0.15, 0.2) is 18.2 Å². The highest BCUT2D eigenvalue weighted by molar-refractivity contribution is 5.26. The number of benzene rings is 1. The van der Waals surface area contributed by atoms with Gasteiger partial charge in [0.2, 0.25) is 0 Å². The molecule has 0 heterocycles. The average Bonchev–Trinajstić information content (AvgIpc) is 2.05. The molecule has 2 N–H and O–H groups in total. The number of hydrogen-bond acceptors (Lipinski definition) is 2. The standard InChI is InChI=1S/C8H10NO/c1-10-8-4-2-3-7(5-8)6-9/h2-3,5H,6,9H2,1H3. The maximum atomic E-state index is 5.40. The van der Waals surface area contributed by atoms with E-state index in [0.29, 0.717) is 6.54 Å². The van der Waals surface area contributed by atoms with E-state index in [2.05, 4.69) is 6.07 Å². The quantitative estimate of drug-likeness (QED) is 0.657. The fourth-order valence-corrected chi connectivity index (χ4v) is 0.734. The van der Waals surface area contributed by atoms with Gasteiger partial charge in [-0.25, -0.2) is 0 Å². The lowest BCUT2D eigenvalue weighted by atomic mass is 10.2. The summed E-state index contributed by atoms with van der Waals surface area (Å²) in [5.74, 6) is 0.739. The van der Waals surface area contributed by atoms with E-state index in [1.807, 2.05) is 12.1 Å². The highest BCUT2D eigenvalue weighted by Crippen LogP contribution is 2.10. The minimum absolute atomic E-state index is 0.547. The molecule has 0 unspecified atom stereocenters. The smallest absolute Gasteiger partial charge is 0.127 e. The van der Waals surface area contributed by atoms with E-state index >= 15 is 0 Å². The molecular weight excluding hydrogens is 126 g/mol. The third-order valence-corrected chi connectivity index (χ3v) is 1.30. The fourth-order valence-electron chi connectivity index (χ4n) is 0.734. The van der Waals surface area contributed by atoms with Crippen LogP contribution in [0.2, 0.25) is 0 Å². The lowest BCUT2D eigenvalue weighted by Crippen LogP contribution is -1.96. The van der Waals surface area contributed by atoms with Crippen LogP contribution in [0, 0.1) is 6.07 Å². The van der Waals surface area contributed by atoms with Gasteiger partial charge in [0.15, 0.2) is 0 Å². The van der Waals surface area contributed by atoms with Crippen molar-refractivity contribution in [2.24, 2.45) is 5.73 Å². The van der Waals surface area contributed by atoms with Crippen molar-refractivity contribution in [3.8, 4) is 5.75 Å². The molecule has 1 rings (SSSR count). The minimum Gasteiger partial charge on any atom is -0.496 e. The zero-order chi connectivity index (χ0) is 7.40. The molecule has 0 spiro atoms. The Kier molecular flexibility index (Phi) is 2.29. The predicted octanol–water partition coefficient (Wildman–Crippen LogP) is 0.954. The number of nitrogens with two attached hydrogens (primary N) is 1. The topological polar surface area (TPSA) is 35.2 Å². The summed E-state index contributed by atoms with van der Waals surface area (Å²) in [6.07, 6.45) is 0. The van der Waals surface area contributed by atoms with E-state index in [-0.39, 0.29) is 0 Å². The van der Waals surface area contributed by atoms with E-state index in [9.17, 15) is 0 Å². The SMILES string of the molecule is COc1[c]ccc(CN)c1. The van der Waals surface area contributed by atoms with Gasteiger partial charge in [0, 0.05) is 12.6 Å². The summed E-state index contributed by atoms with van der Waals surface area (Å²) in [7, 11) is 1.62. The van der Waals surface area contributed by atoms with E-state index < -0.39 is 0 Å². The predicted molar refractivity (Wildman–Crippen MR) is 39.7 cm³/mol. The summed E-state index contributed by atoms with van der Waals surface area (Å²) < 4.78 is 4.95. The van der Waals surface area contributed by atoms with Crippen molar-refractivity contribution >= 4 is 0 Å². The molecule has 1 aromatic carbocycles. The first-order valence-electron chi connectivity index (χ1n) is 3.11. The normalized spacial score (nSPS) is 9.40. The number of ether oxygens (including phenoxy) is 1. The fraction of sp³-hybridized carbons (Fsp3) is 0.250. The van der Waals surface area contributed by atoms with Crippen molar-refractivity contribution in [1.29, 1.82) is 0 Å². The zero-order valence-electron chi connectivity index (χ0n) is 5.92. The number of methoxy groups -OCH3 is 1. The molecule has 2 heteroatoms. The van der Waals surface area contributed by atoms with Gasteiger partial charge >= 0.3 is 0 Å². The van der Waals surface area contributed by atoms with Gasteiger partial charge in [-0.05, 0) is 11.6 Å². The highest BCUT2D eigenvalue weighted by atomic mass is 16.5. The Balaban J connectivity index is 2.87. The third-order valence-electron chi connectivity index (χ3n) is 1.30. The van der Waals surface area contributed by atoms with Crippen LogP contribution in [0.5, 0.6) is 5.75 Å². The van der Waals surface area contributed by atoms with Crippen molar-refractivity contribution in [3.05, 3.63) is 29.8 Å². The summed E-state index contributed by atoms with van der Waals surface area (Å²) in [4.78, 5) is 0. The van der Waals surface area contributed by atoms with E-state index in [1.54, 1.807) is 13.2 Å². The first-order valence-corrected chi connectivity index (χ1v) is 3.11. The van der Waals surface area contributed by atoms with Crippen LogP contribution in [0.1, 0.15) is 5.56 Å². The number of rotatable bonds is 2. The van der Waals surface area contributed by atoms with E-state index in [1.165, 1.54) is 0 Å². The Morgan fingerprint density at radius 3 is 3.10 bits per heavy atom. The minimum atomic E-state index is 0.547. The molecule has 2 nitrogen and oxygen atoms in total. The van der Waals surface area contributed by atoms with Crippen LogP contribution >= 0.6 is 0 Å². The molecule has 0 saturated carbocycles. The molecular formula is C8H10NO. The lowest BCUT2D eigenvalue weighted by molar-refractivity contribution is 0.413. The van der Waals surface area contributed by atoms with Gasteiger partial charge in [0.05, 0.1) is 7.11 Å². The van der Waals surface area contributed by atoms with Gasteiger partial charge in [-0.3, -0.25) is 0 Å². The van der Waals surface area contributed by atoms with Crippen LogP contribution in [-0.4, -0.2) is 7.11 Å². The molecule has 10 heavy (non-hydrogen) atoms. The average molecular weight is 136 g/mol. The monoisotopic (exact) mass is 136 g/mol. The molecule has 0 aliphatic carbocycles. The second-order valence-electron chi connectivity index (χ2n) is 1.97. The Morgan fingerprint density at radius 1 is 1.70 bits per heavy atom. The maximum Gasteiger partial charge on any atom is 0.127 e. The van der Waals surface area contributed by atoms with Crippen molar-refractivity contribution in [2.75, 3.05) is 7.11 Å². The highest BCUT2D eigenvalue weighted by Gasteiger charge is 1.91. The molecule has 0 saturated heterocycles. The third kappa shape index (κ3) is 1.48. The maximum absolute atomic E-state index is 5.40. The molecule has 1 aromatic rings. The van der Waals surface area contributed by atoms with E-state index in [4.69, 9.17) is 10.5 Å². The van der Waals surface area contributed by atoms with Crippen LogP contribution in [-0.2, 0) is 6.54 Å². The second kappa shape index (κ2) is 3.22. The lowest BCUT2D eigenvalue weighted by Gasteiger charge is -1.99. The first kappa shape index (κ1) is 7.09. The van der Waals surface area contributed by atoms with Crippen LogP contribution in [0.25, 0.3) is 0 Å². The zero-order valence-corrected chi connectivity index (χ0v) is 5.92. The Hall–Kier alpha value is -1.02. The first-order chi connectivity index (χ1) is 4.86. The van der Waals surface area contributed by atoms with Crippen LogP contribution in [0.3, 0.4) is 0 Å². The van der Waals surface area contributed by atoms with Crippen molar-refractivity contribution in [3.63, 3.8) is 0 Å². The van der Waals surface area contributed by atoms with Crippen LogP contribution in [0.4, 0.5) is 0 Å². The van der Waals surface area contributed by atoms with Crippen molar-refractivity contribution in [1.82, 2.24) is 0 Å². The summed E-state index contributed by atoms with van der Waals surface area (Å²) in [5.41, 5.74) is 6.47. The largest absolute Gasteiger partial charge is 0.496 e. The molecule has 0 fully saturated rings. The molecule has 0 atom stereocenters. The van der Waals surface area contributed by atoms with Gasteiger partial charge in [-0.2, -0.15) is 0 Å². The molecule has 0 amide bonds. The molecule has 53 valence electrons. The second-order valence-corrected chi connectivity index (χ2v) is 1.97. The molecule has 1 radical (unpaired) electrons. The van der Waals surface area contributed by atoms with Gasteiger partial charge in [0.25, 0.3) is 0 Å². The molecule has 0 aromatic heterocycles. The Morgan fingerprint density at radius 2 is 2.50 bits per heavy atom. The Labute approximate surface area is 60.6 Å². The summed E-state index contributed by atoms with van der Waals surface area (Å²) in [6.45, 7) is 0.547. The molecule has 0 aliphatic heterocycles. The summed E-state index contributed by atoms with van der Waals surface area (Å²) >= 11 is 0. The van der Waals surface area contributed by atoms with Gasteiger partial charge in [0.1, 0.15) is 5.75 Å². The molecule has 0 aliphatic rings. The van der Waals surface area contributed by atoms with Crippen LogP contribution < -0.4 is 10.5 Å². The Bertz CT molecular complexity index is 191. The van der Waals surface area contributed by atoms with Crippen molar-refractivity contribution < 1.29 is 4.74 Å². The number of hydrogen-bond donors (Lipinski definition) is 1. The summed E-state index contributed by atoms with van der Waals surface area (Å²) in [6, 6.07) is 8.52. The van der Waals surface area contributed by atoms with E-state index in [0.717, 1.165) is 11.3 Å².